The van der Waals surface area contributed by atoms with E-state index in [1.165, 1.54) is 7.11 Å². The van der Waals surface area contributed by atoms with Crippen molar-refractivity contribution in [2.75, 3.05) is 12.8 Å². The fraction of sp³-hybridized carbons (Fsp3) is 0.214. The molecule has 0 aliphatic rings. The van der Waals surface area contributed by atoms with Gasteiger partial charge in [0.25, 0.3) is 0 Å². The summed E-state index contributed by atoms with van der Waals surface area (Å²) in [5.41, 5.74) is 8.94. The van der Waals surface area contributed by atoms with Crippen molar-refractivity contribution < 1.29 is 9.53 Å². The van der Waals surface area contributed by atoms with Crippen LogP contribution in [0.25, 0.3) is 11.1 Å². The normalized spacial score (nSPS) is 10.3. The van der Waals surface area contributed by atoms with Crippen molar-refractivity contribution in [3.8, 4) is 11.1 Å². The molecule has 0 aromatic carbocycles. The van der Waals surface area contributed by atoms with Crippen LogP contribution in [0.3, 0.4) is 0 Å². The summed E-state index contributed by atoms with van der Waals surface area (Å²) in [6.07, 6.45) is 4.15. The average Bonchev–Trinajstić information content (AvgIpc) is 2.49. The number of ether oxygens (including phenoxy) is 1. The molecule has 0 aliphatic heterocycles. The summed E-state index contributed by atoms with van der Waals surface area (Å²) in [6.45, 7) is 2.04. The molecule has 0 bridgehead atoms. The lowest BCUT2D eigenvalue weighted by molar-refractivity contribution is 0.0594. The fourth-order valence-corrected chi connectivity index (χ4v) is 2.51. The summed E-state index contributed by atoms with van der Waals surface area (Å²) in [7, 11) is 1.33. The van der Waals surface area contributed by atoms with Gasteiger partial charge in [-0.05, 0) is 34.0 Å². The lowest BCUT2D eigenvalue weighted by Gasteiger charge is -2.11. The minimum Gasteiger partial charge on any atom is -0.464 e. The highest BCUT2D eigenvalue weighted by Gasteiger charge is 2.13. The smallest absolute Gasteiger partial charge is 0.356 e. The van der Waals surface area contributed by atoms with Gasteiger partial charge in [-0.2, -0.15) is 0 Å². The number of hydrogen-bond donors (Lipinski definition) is 1. The van der Waals surface area contributed by atoms with Gasteiger partial charge >= 0.3 is 5.97 Å². The third-order valence-electron chi connectivity index (χ3n) is 2.97. The Bertz CT molecular complexity index is 642. The molecule has 6 heteroatoms. The lowest BCUT2D eigenvalue weighted by atomic mass is 10.0. The number of nitrogens with two attached hydrogens (primary N) is 1. The molecule has 0 aliphatic carbocycles. The highest BCUT2D eigenvalue weighted by molar-refractivity contribution is 9.10. The number of halogens is 1. The predicted octanol–water partition coefficient (Wildman–Crippen LogP) is 2.84. The van der Waals surface area contributed by atoms with Crippen molar-refractivity contribution in [2.45, 2.75) is 13.3 Å². The first-order valence-electron chi connectivity index (χ1n) is 6.06. The molecule has 0 fully saturated rings. The lowest BCUT2D eigenvalue weighted by Crippen LogP contribution is -2.04. The summed E-state index contributed by atoms with van der Waals surface area (Å²) < 4.78 is 5.42. The Labute approximate surface area is 125 Å². The molecule has 0 radical (unpaired) electrons. The van der Waals surface area contributed by atoms with Crippen molar-refractivity contribution in [3.63, 3.8) is 0 Å². The van der Waals surface area contributed by atoms with Crippen LogP contribution in [0.1, 0.15) is 23.0 Å². The third kappa shape index (κ3) is 2.65. The number of nitrogens with zero attached hydrogens (tertiary/aromatic N) is 2. The highest BCUT2D eigenvalue weighted by atomic mass is 79.9. The summed E-state index contributed by atoms with van der Waals surface area (Å²) in [6, 6.07) is 3.45. The number of esters is 1. The van der Waals surface area contributed by atoms with Gasteiger partial charge in [0.05, 0.1) is 11.6 Å². The Hall–Kier alpha value is -1.95. The van der Waals surface area contributed by atoms with Gasteiger partial charge in [0.15, 0.2) is 0 Å². The van der Waals surface area contributed by atoms with E-state index in [9.17, 15) is 4.79 Å². The van der Waals surface area contributed by atoms with Crippen LogP contribution in [-0.2, 0) is 11.2 Å². The molecular formula is C14H14BrN3O2. The first-order chi connectivity index (χ1) is 9.58. The minimum atomic E-state index is -0.455. The number of carbonyl (C=O) groups excluding carboxylic acids is 1. The fourth-order valence-electron chi connectivity index (χ4n) is 1.91. The molecule has 104 valence electrons. The molecule has 0 atom stereocenters. The topological polar surface area (TPSA) is 78.1 Å². The van der Waals surface area contributed by atoms with Gasteiger partial charge in [-0.25, -0.2) is 14.8 Å². The van der Waals surface area contributed by atoms with Gasteiger partial charge < -0.3 is 10.5 Å². The molecule has 0 unspecified atom stereocenters. The summed E-state index contributed by atoms with van der Waals surface area (Å²) in [4.78, 5) is 19.6. The first-order valence-corrected chi connectivity index (χ1v) is 6.85. The molecule has 0 saturated heterocycles. The van der Waals surface area contributed by atoms with E-state index in [0.29, 0.717) is 5.82 Å². The summed E-state index contributed by atoms with van der Waals surface area (Å²) in [5.74, 6) is 0.00798. The molecule has 2 N–H and O–H groups in total. The maximum absolute atomic E-state index is 11.4. The van der Waals surface area contributed by atoms with Crippen LogP contribution in [0.2, 0.25) is 0 Å². The van der Waals surface area contributed by atoms with Crippen LogP contribution in [0.5, 0.6) is 0 Å². The molecule has 2 rings (SSSR count). The van der Waals surface area contributed by atoms with Gasteiger partial charge in [0, 0.05) is 23.5 Å². The van der Waals surface area contributed by atoms with Crippen molar-refractivity contribution in [3.05, 3.63) is 40.3 Å². The Balaban J connectivity index is 2.47. The number of pyridine rings is 2. The molecule has 0 saturated carbocycles. The van der Waals surface area contributed by atoms with E-state index in [1.54, 1.807) is 18.5 Å². The second-order valence-electron chi connectivity index (χ2n) is 4.13. The molecule has 2 aromatic rings. The Kier molecular flexibility index (Phi) is 4.34. The monoisotopic (exact) mass is 335 g/mol. The number of anilines is 1. The number of aromatic nitrogens is 2. The zero-order valence-electron chi connectivity index (χ0n) is 11.2. The zero-order chi connectivity index (χ0) is 14.7. The van der Waals surface area contributed by atoms with Gasteiger partial charge in [0.1, 0.15) is 11.5 Å². The number of nitrogen functional groups attached to an aromatic ring is 1. The molecule has 2 aromatic heterocycles. The van der Waals surface area contributed by atoms with E-state index in [4.69, 9.17) is 5.73 Å². The van der Waals surface area contributed by atoms with E-state index in [-0.39, 0.29) is 5.69 Å². The second-order valence-corrected chi connectivity index (χ2v) is 4.92. The third-order valence-corrected chi connectivity index (χ3v) is 3.86. The summed E-state index contributed by atoms with van der Waals surface area (Å²) in [5, 5.41) is 0. The van der Waals surface area contributed by atoms with Crippen LogP contribution in [0.4, 0.5) is 5.82 Å². The van der Waals surface area contributed by atoms with Crippen LogP contribution >= 0.6 is 15.9 Å². The van der Waals surface area contributed by atoms with Crippen molar-refractivity contribution >= 4 is 27.7 Å². The maximum Gasteiger partial charge on any atom is 0.356 e. The van der Waals surface area contributed by atoms with Crippen LogP contribution in [0, 0.1) is 0 Å². The van der Waals surface area contributed by atoms with Gasteiger partial charge in [0.2, 0.25) is 0 Å². The van der Waals surface area contributed by atoms with Gasteiger partial charge in [-0.1, -0.05) is 13.0 Å². The molecule has 0 spiro atoms. The SMILES string of the molecule is CCc1c(-c2ccc(C(=O)OC)nc2)cnc(N)c1Br. The number of methoxy groups -OCH3 is 1. The standard InChI is InChI=1S/C14H14BrN3O2/c1-3-9-10(7-18-13(16)12(9)15)8-4-5-11(17-6-8)14(19)20-2/h4-7H,3H2,1-2H3,(H2,16,18). The van der Waals surface area contributed by atoms with Crippen molar-refractivity contribution in [1.29, 1.82) is 0 Å². The largest absolute Gasteiger partial charge is 0.464 e. The van der Waals surface area contributed by atoms with Crippen LogP contribution in [0.15, 0.2) is 29.0 Å². The van der Waals surface area contributed by atoms with Crippen molar-refractivity contribution in [1.82, 2.24) is 9.97 Å². The highest BCUT2D eigenvalue weighted by Crippen LogP contribution is 2.31. The van der Waals surface area contributed by atoms with Crippen LogP contribution in [-0.4, -0.2) is 23.0 Å². The first kappa shape index (κ1) is 14.5. The number of hydrogen-bond acceptors (Lipinski definition) is 5. The number of rotatable bonds is 3. The van der Waals surface area contributed by atoms with E-state index in [0.717, 1.165) is 27.6 Å². The quantitative estimate of drug-likeness (QED) is 0.872. The Morgan fingerprint density at radius 3 is 2.65 bits per heavy atom. The van der Waals surface area contributed by atoms with E-state index in [2.05, 4.69) is 30.6 Å². The van der Waals surface area contributed by atoms with Crippen molar-refractivity contribution in [2.24, 2.45) is 0 Å². The van der Waals surface area contributed by atoms with E-state index in [1.807, 2.05) is 13.0 Å². The molecular weight excluding hydrogens is 322 g/mol. The minimum absolute atomic E-state index is 0.275. The molecule has 20 heavy (non-hydrogen) atoms. The average molecular weight is 336 g/mol. The zero-order valence-corrected chi connectivity index (χ0v) is 12.8. The summed E-state index contributed by atoms with van der Waals surface area (Å²) >= 11 is 3.46. The van der Waals surface area contributed by atoms with Crippen LogP contribution < -0.4 is 5.73 Å². The van der Waals surface area contributed by atoms with Gasteiger partial charge in [-0.3, -0.25) is 0 Å². The van der Waals surface area contributed by atoms with Gasteiger partial charge in [-0.15, -0.1) is 0 Å². The maximum atomic E-state index is 11.4. The number of carbonyl (C=O) groups is 1. The Morgan fingerprint density at radius 1 is 1.35 bits per heavy atom. The Morgan fingerprint density at radius 2 is 2.10 bits per heavy atom. The molecule has 5 nitrogen and oxygen atoms in total. The predicted molar refractivity (Wildman–Crippen MR) is 80.3 cm³/mol. The molecule has 0 amide bonds. The van der Waals surface area contributed by atoms with E-state index < -0.39 is 5.97 Å². The second kappa shape index (κ2) is 6.00. The molecule has 2 heterocycles. The van der Waals surface area contributed by atoms with E-state index >= 15 is 0 Å².